The van der Waals surface area contributed by atoms with Gasteiger partial charge < -0.3 is 14.8 Å². The van der Waals surface area contributed by atoms with Crippen molar-refractivity contribution >= 4 is 11.0 Å². The molecule has 0 fully saturated rings. The highest BCUT2D eigenvalue weighted by Crippen LogP contribution is 2.29. The number of halogens is 1. The maximum Gasteiger partial charge on any atom is 0.134 e. The van der Waals surface area contributed by atoms with E-state index < -0.39 is 12.3 Å². The van der Waals surface area contributed by atoms with Crippen LogP contribution >= 0.6 is 0 Å². The van der Waals surface area contributed by atoms with Gasteiger partial charge >= 0.3 is 0 Å². The summed E-state index contributed by atoms with van der Waals surface area (Å²) in [5.74, 6) is 0. The third-order valence-electron chi connectivity index (χ3n) is 3.31. The Bertz CT molecular complexity index is 511. The fourth-order valence-electron chi connectivity index (χ4n) is 1.91. The maximum absolute atomic E-state index is 13.2. The standard InChI is InChI=1S/C13H16FNO2/c1-9(15-2)13(16,8-14)11-4-3-10-5-6-17-12(10)7-11/h3-7,9,15-16H,8H2,1-2H3/t9-,13-/m0/s1. The molecule has 0 unspecified atom stereocenters. The second kappa shape index (κ2) is 4.47. The molecule has 1 aromatic carbocycles. The Balaban J connectivity index is 2.48. The Labute approximate surface area is 99.2 Å². The van der Waals surface area contributed by atoms with Crippen LogP contribution in [-0.2, 0) is 5.60 Å². The lowest BCUT2D eigenvalue weighted by Crippen LogP contribution is -2.47. The summed E-state index contributed by atoms with van der Waals surface area (Å²) < 4.78 is 18.4. The van der Waals surface area contributed by atoms with E-state index >= 15 is 0 Å². The summed E-state index contributed by atoms with van der Waals surface area (Å²) in [4.78, 5) is 0. The molecule has 0 aliphatic rings. The Hall–Kier alpha value is -1.39. The fourth-order valence-corrected chi connectivity index (χ4v) is 1.91. The molecule has 2 aromatic rings. The molecule has 1 aromatic heterocycles. The van der Waals surface area contributed by atoms with Crippen molar-refractivity contribution in [2.45, 2.75) is 18.6 Å². The van der Waals surface area contributed by atoms with Crippen LogP contribution in [0.3, 0.4) is 0 Å². The number of hydrogen-bond acceptors (Lipinski definition) is 3. The van der Waals surface area contributed by atoms with E-state index in [1.807, 2.05) is 12.1 Å². The van der Waals surface area contributed by atoms with E-state index in [9.17, 15) is 9.50 Å². The summed E-state index contributed by atoms with van der Waals surface area (Å²) in [5, 5.41) is 14.2. The molecule has 2 atom stereocenters. The summed E-state index contributed by atoms with van der Waals surface area (Å²) in [7, 11) is 1.69. The van der Waals surface area contributed by atoms with Crippen LogP contribution < -0.4 is 5.32 Å². The number of rotatable bonds is 4. The van der Waals surface area contributed by atoms with Gasteiger partial charge in [-0.25, -0.2) is 4.39 Å². The van der Waals surface area contributed by atoms with Gasteiger partial charge in [0.2, 0.25) is 0 Å². The van der Waals surface area contributed by atoms with E-state index in [-0.39, 0.29) is 6.04 Å². The largest absolute Gasteiger partial charge is 0.464 e. The molecule has 1 heterocycles. The van der Waals surface area contributed by atoms with Crippen LogP contribution in [0.5, 0.6) is 0 Å². The highest BCUT2D eigenvalue weighted by molar-refractivity contribution is 5.77. The van der Waals surface area contributed by atoms with Gasteiger partial charge in [-0.15, -0.1) is 0 Å². The fraction of sp³-hybridized carbons (Fsp3) is 0.385. The summed E-state index contributed by atoms with van der Waals surface area (Å²) in [6.45, 7) is 0.896. The summed E-state index contributed by atoms with van der Waals surface area (Å²) >= 11 is 0. The third kappa shape index (κ3) is 1.94. The first-order chi connectivity index (χ1) is 8.11. The molecule has 92 valence electrons. The van der Waals surface area contributed by atoms with E-state index in [1.165, 1.54) is 0 Å². The number of alkyl halides is 1. The monoisotopic (exact) mass is 237 g/mol. The minimum absolute atomic E-state index is 0.389. The van der Waals surface area contributed by atoms with Gasteiger partial charge in [0.15, 0.2) is 0 Å². The predicted octanol–water partition coefficient (Wildman–Crippen LogP) is 2.20. The van der Waals surface area contributed by atoms with Gasteiger partial charge in [-0.05, 0) is 31.7 Å². The molecule has 0 spiro atoms. The van der Waals surface area contributed by atoms with Gasteiger partial charge in [0, 0.05) is 11.4 Å². The molecule has 4 heteroatoms. The van der Waals surface area contributed by atoms with Gasteiger partial charge in [0.05, 0.1) is 6.26 Å². The molecular weight excluding hydrogens is 221 g/mol. The maximum atomic E-state index is 13.2. The SMILES string of the molecule is CN[C@@H](C)[C@@](O)(CF)c1ccc2ccoc2c1. The van der Waals surface area contributed by atoms with Crippen LogP contribution in [0.15, 0.2) is 34.9 Å². The number of hydrogen-bond donors (Lipinski definition) is 2. The van der Waals surface area contributed by atoms with Crippen LogP contribution in [0.2, 0.25) is 0 Å². The lowest BCUT2D eigenvalue weighted by Gasteiger charge is -2.31. The van der Waals surface area contributed by atoms with Crippen molar-refractivity contribution in [1.29, 1.82) is 0 Å². The smallest absolute Gasteiger partial charge is 0.134 e. The van der Waals surface area contributed by atoms with Crippen LogP contribution in [0.4, 0.5) is 4.39 Å². The van der Waals surface area contributed by atoms with Crippen LogP contribution in [0.25, 0.3) is 11.0 Å². The zero-order chi connectivity index (χ0) is 12.5. The van der Waals surface area contributed by atoms with Crippen LogP contribution in [-0.4, -0.2) is 24.9 Å². The zero-order valence-corrected chi connectivity index (χ0v) is 9.90. The van der Waals surface area contributed by atoms with Crippen LogP contribution in [0.1, 0.15) is 12.5 Å². The van der Waals surface area contributed by atoms with Gasteiger partial charge in [-0.2, -0.15) is 0 Å². The first kappa shape index (κ1) is 12.1. The third-order valence-corrected chi connectivity index (χ3v) is 3.31. The van der Waals surface area contributed by atoms with E-state index in [0.29, 0.717) is 11.1 Å². The quantitative estimate of drug-likeness (QED) is 0.856. The molecule has 0 bridgehead atoms. The molecule has 2 N–H and O–H groups in total. The molecule has 17 heavy (non-hydrogen) atoms. The first-order valence-corrected chi connectivity index (χ1v) is 5.55. The number of fused-ring (bicyclic) bond motifs is 1. The average Bonchev–Trinajstić information content (AvgIpc) is 2.83. The Kier molecular flexibility index (Phi) is 3.17. The Morgan fingerprint density at radius 1 is 1.47 bits per heavy atom. The van der Waals surface area contributed by atoms with E-state index in [4.69, 9.17) is 4.42 Å². The number of likely N-dealkylation sites (N-methyl/N-ethyl adjacent to an activating group) is 1. The van der Waals surface area contributed by atoms with Gasteiger partial charge in [0.25, 0.3) is 0 Å². The van der Waals surface area contributed by atoms with Crippen molar-refractivity contribution in [2.75, 3.05) is 13.7 Å². The highest BCUT2D eigenvalue weighted by Gasteiger charge is 2.35. The molecule has 3 nitrogen and oxygen atoms in total. The van der Waals surface area contributed by atoms with Crippen molar-refractivity contribution in [3.63, 3.8) is 0 Å². The van der Waals surface area contributed by atoms with Gasteiger partial charge in [-0.1, -0.05) is 12.1 Å². The summed E-state index contributed by atoms with van der Waals surface area (Å²) in [6.07, 6.45) is 1.57. The number of aliphatic hydroxyl groups is 1. The molecule has 2 rings (SSSR count). The average molecular weight is 237 g/mol. The van der Waals surface area contributed by atoms with Crippen molar-refractivity contribution in [1.82, 2.24) is 5.32 Å². The Morgan fingerprint density at radius 3 is 2.88 bits per heavy atom. The minimum atomic E-state index is -1.53. The molecule has 0 aliphatic heterocycles. The molecule has 0 amide bonds. The summed E-state index contributed by atoms with van der Waals surface area (Å²) in [6, 6.07) is 6.67. The molecule has 0 radical (unpaired) electrons. The predicted molar refractivity (Wildman–Crippen MR) is 64.6 cm³/mol. The van der Waals surface area contributed by atoms with E-state index in [1.54, 1.807) is 32.4 Å². The molecule has 0 saturated heterocycles. The van der Waals surface area contributed by atoms with Gasteiger partial charge in [0.1, 0.15) is 17.9 Å². The van der Waals surface area contributed by atoms with E-state index in [2.05, 4.69) is 5.32 Å². The topological polar surface area (TPSA) is 45.4 Å². The van der Waals surface area contributed by atoms with Crippen molar-refractivity contribution in [3.05, 3.63) is 36.1 Å². The lowest BCUT2D eigenvalue weighted by atomic mass is 9.88. The number of benzene rings is 1. The lowest BCUT2D eigenvalue weighted by molar-refractivity contribution is -0.0173. The van der Waals surface area contributed by atoms with Gasteiger partial charge in [-0.3, -0.25) is 0 Å². The van der Waals surface area contributed by atoms with Crippen molar-refractivity contribution < 1.29 is 13.9 Å². The van der Waals surface area contributed by atoms with E-state index in [0.717, 1.165) is 5.39 Å². The zero-order valence-electron chi connectivity index (χ0n) is 9.90. The Morgan fingerprint density at radius 2 is 2.24 bits per heavy atom. The second-order valence-corrected chi connectivity index (χ2v) is 4.24. The second-order valence-electron chi connectivity index (χ2n) is 4.24. The normalized spacial score (nSPS) is 16.9. The van der Waals surface area contributed by atoms with Crippen molar-refractivity contribution in [3.8, 4) is 0 Å². The first-order valence-electron chi connectivity index (χ1n) is 5.55. The minimum Gasteiger partial charge on any atom is -0.464 e. The highest BCUT2D eigenvalue weighted by atomic mass is 19.1. The summed E-state index contributed by atoms with van der Waals surface area (Å²) in [5.41, 5.74) is -0.364. The van der Waals surface area contributed by atoms with Crippen molar-refractivity contribution in [2.24, 2.45) is 0 Å². The molecule has 0 aliphatic carbocycles. The van der Waals surface area contributed by atoms with Crippen LogP contribution in [0, 0.1) is 0 Å². The molecule has 0 saturated carbocycles. The number of furan rings is 1. The number of nitrogens with one attached hydrogen (secondary N) is 1. The molecular formula is C13H16FNO2.